The molecule has 1 atom stereocenters. The molecule has 0 rings (SSSR count). The van der Waals surface area contributed by atoms with Crippen molar-refractivity contribution in [2.24, 2.45) is 0 Å². The third-order valence-corrected chi connectivity index (χ3v) is 13.3. The highest BCUT2D eigenvalue weighted by Gasteiger charge is 2.19. The molecular weight excluding hydrogens is 853 g/mol. The fourth-order valence-corrected chi connectivity index (χ4v) is 8.78. The van der Waals surface area contributed by atoms with Crippen LogP contribution in [-0.4, -0.2) is 37.2 Å². The summed E-state index contributed by atoms with van der Waals surface area (Å²) < 4.78 is 16.9. The number of allylic oxidation sites excluding steroid dienone is 8. The molecule has 0 unspecified atom stereocenters. The lowest BCUT2D eigenvalue weighted by molar-refractivity contribution is -0.167. The molecule has 0 saturated carbocycles. The molecule has 6 heteroatoms. The van der Waals surface area contributed by atoms with Crippen LogP contribution in [0.1, 0.15) is 316 Å². The standard InChI is InChI=1S/C63H114O6/c1-4-7-10-13-16-19-22-25-27-29-31-33-35-38-41-44-47-50-53-56-62(65)68-59-60(58-67-61(64)55-52-49-46-43-40-37-24-21-18-15-12-9-6-3)69-63(66)57-54-51-48-45-42-39-36-34-32-30-28-26-23-20-17-14-11-8-5-2/h16,19,25,27,31,33,38,41,60H,4-15,17-18,20-24,26,28-30,32,34-37,39-40,42-59H2,1-3H3/b19-16+,27-25+,33-31+,41-38+/t60-/m1/s1. The average molecular weight is 968 g/mol. The van der Waals surface area contributed by atoms with Crippen LogP contribution in [-0.2, 0) is 28.6 Å². The van der Waals surface area contributed by atoms with Crippen molar-refractivity contribution in [3.8, 4) is 0 Å². The highest BCUT2D eigenvalue weighted by molar-refractivity contribution is 5.71. The SMILES string of the molecule is CCCCC/C=C/C/C=C/C/C=C/C/C=C/CCCCCC(=O)OC[C@@H](COC(=O)CCCCCCCCCCCCCCC)OC(=O)CCCCCCCCCCCCCCCCCCCCC. The largest absolute Gasteiger partial charge is 0.462 e. The van der Waals surface area contributed by atoms with Crippen molar-refractivity contribution < 1.29 is 28.6 Å². The summed E-state index contributed by atoms with van der Waals surface area (Å²) in [6.45, 7) is 6.63. The van der Waals surface area contributed by atoms with Crippen LogP contribution in [0.3, 0.4) is 0 Å². The van der Waals surface area contributed by atoms with Gasteiger partial charge < -0.3 is 14.2 Å². The Morgan fingerprint density at radius 3 is 0.841 bits per heavy atom. The van der Waals surface area contributed by atoms with Gasteiger partial charge >= 0.3 is 17.9 Å². The van der Waals surface area contributed by atoms with Gasteiger partial charge in [0, 0.05) is 19.3 Å². The predicted molar refractivity (Wildman–Crippen MR) is 298 cm³/mol. The summed E-state index contributed by atoms with van der Waals surface area (Å²) in [7, 11) is 0. The molecule has 6 nitrogen and oxygen atoms in total. The molecule has 0 aromatic rings. The Balaban J connectivity index is 4.37. The van der Waals surface area contributed by atoms with Gasteiger partial charge in [-0.2, -0.15) is 0 Å². The Kier molecular flexibility index (Phi) is 55.7. The van der Waals surface area contributed by atoms with E-state index < -0.39 is 6.10 Å². The normalized spacial score (nSPS) is 12.3. The second-order valence-electron chi connectivity index (χ2n) is 20.3. The Bertz CT molecular complexity index is 1200. The van der Waals surface area contributed by atoms with E-state index in [2.05, 4.69) is 69.4 Å². The molecule has 0 spiro atoms. The minimum Gasteiger partial charge on any atom is -0.462 e. The second-order valence-corrected chi connectivity index (χ2v) is 20.3. The van der Waals surface area contributed by atoms with Crippen LogP contribution in [0.5, 0.6) is 0 Å². The van der Waals surface area contributed by atoms with Gasteiger partial charge in [0.2, 0.25) is 0 Å². The molecule has 0 saturated heterocycles. The first kappa shape index (κ1) is 66.4. The van der Waals surface area contributed by atoms with Crippen LogP contribution in [0.15, 0.2) is 48.6 Å². The number of carbonyl (C=O) groups excluding carboxylic acids is 3. The number of hydrogen-bond donors (Lipinski definition) is 0. The van der Waals surface area contributed by atoms with Gasteiger partial charge in [0.05, 0.1) is 0 Å². The molecule has 0 bridgehead atoms. The number of ether oxygens (including phenoxy) is 3. The van der Waals surface area contributed by atoms with Crippen molar-refractivity contribution in [1.82, 2.24) is 0 Å². The van der Waals surface area contributed by atoms with Gasteiger partial charge in [0.15, 0.2) is 6.10 Å². The van der Waals surface area contributed by atoms with Crippen LogP contribution >= 0.6 is 0 Å². The summed E-state index contributed by atoms with van der Waals surface area (Å²) >= 11 is 0. The average Bonchev–Trinajstić information content (AvgIpc) is 3.35. The van der Waals surface area contributed by atoms with Crippen LogP contribution in [0.4, 0.5) is 0 Å². The second kappa shape index (κ2) is 57.9. The number of hydrogen-bond acceptors (Lipinski definition) is 6. The topological polar surface area (TPSA) is 78.9 Å². The molecule has 0 aromatic carbocycles. The van der Waals surface area contributed by atoms with Gasteiger partial charge in [-0.05, 0) is 64.2 Å². The molecule has 402 valence electrons. The van der Waals surface area contributed by atoms with E-state index in [-0.39, 0.29) is 31.1 Å². The highest BCUT2D eigenvalue weighted by Crippen LogP contribution is 2.17. The van der Waals surface area contributed by atoms with Gasteiger partial charge in [0.1, 0.15) is 13.2 Å². The summed E-state index contributed by atoms with van der Waals surface area (Å²) in [5.74, 6) is -0.892. The molecule has 0 aliphatic rings. The third kappa shape index (κ3) is 56.2. The van der Waals surface area contributed by atoms with Crippen molar-refractivity contribution in [2.75, 3.05) is 13.2 Å². The fourth-order valence-electron chi connectivity index (χ4n) is 8.78. The van der Waals surface area contributed by atoms with Gasteiger partial charge in [-0.25, -0.2) is 0 Å². The van der Waals surface area contributed by atoms with E-state index in [1.54, 1.807) is 0 Å². The smallest absolute Gasteiger partial charge is 0.306 e. The van der Waals surface area contributed by atoms with Crippen LogP contribution in [0.25, 0.3) is 0 Å². The molecule has 0 aliphatic heterocycles. The summed E-state index contributed by atoms with van der Waals surface area (Å²) in [6.07, 6.45) is 71.0. The van der Waals surface area contributed by atoms with Crippen LogP contribution in [0.2, 0.25) is 0 Å². The zero-order chi connectivity index (χ0) is 50.0. The molecule has 69 heavy (non-hydrogen) atoms. The Morgan fingerprint density at radius 1 is 0.290 bits per heavy atom. The highest BCUT2D eigenvalue weighted by atomic mass is 16.6. The lowest BCUT2D eigenvalue weighted by Crippen LogP contribution is -2.30. The van der Waals surface area contributed by atoms with E-state index in [0.717, 1.165) is 83.5 Å². The van der Waals surface area contributed by atoms with Crippen LogP contribution in [0, 0.1) is 0 Å². The van der Waals surface area contributed by atoms with Gasteiger partial charge in [-0.3, -0.25) is 14.4 Å². The van der Waals surface area contributed by atoms with E-state index in [0.29, 0.717) is 19.3 Å². The molecular formula is C63H114O6. The molecule has 0 N–H and O–H groups in total. The van der Waals surface area contributed by atoms with Crippen molar-refractivity contribution >= 4 is 17.9 Å². The number of carbonyl (C=O) groups is 3. The molecule has 0 aliphatic carbocycles. The lowest BCUT2D eigenvalue weighted by atomic mass is 10.0. The van der Waals surface area contributed by atoms with E-state index in [9.17, 15) is 14.4 Å². The quantitative estimate of drug-likeness (QED) is 0.0262. The monoisotopic (exact) mass is 967 g/mol. The van der Waals surface area contributed by atoms with Crippen molar-refractivity contribution in [1.29, 1.82) is 0 Å². The van der Waals surface area contributed by atoms with Crippen molar-refractivity contribution in [3.63, 3.8) is 0 Å². The third-order valence-electron chi connectivity index (χ3n) is 13.3. The Hall–Kier alpha value is -2.63. The van der Waals surface area contributed by atoms with E-state index in [1.807, 2.05) is 0 Å². The zero-order valence-corrected chi connectivity index (χ0v) is 46.1. The maximum Gasteiger partial charge on any atom is 0.306 e. The maximum absolute atomic E-state index is 12.9. The van der Waals surface area contributed by atoms with E-state index in [1.165, 1.54) is 193 Å². The number of esters is 3. The molecule has 0 fully saturated rings. The van der Waals surface area contributed by atoms with Gasteiger partial charge in [-0.15, -0.1) is 0 Å². The first-order chi connectivity index (χ1) is 34.0. The van der Waals surface area contributed by atoms with E-state index in [4.69, 9.17) is 14.2 Å². The first-order valence-electron chi connectivity index (χ1n) is 30.1. The minimum absolute atomic E-state index is 0.0788. The molecule has 0 heterocycles. The van der Waals surface area contributed by atoms with Crippen molar-refractivity contribution in [3.05, 3.63) is 48.6 Å². The number of rotatable bonds is 55. The van der Waals surface area contributed by atoms with E-state index >= 15 is 0 Å². The summed E-state index contributed by atoms with van der Waals surface area (Å²) in [4.78, 5) is 38.2. The maximum atomic E-state index is 12.9. The fraction of sp³-hybridized carbons (Fsp3) is 0.825. The molecule has 0 amide bonds. The predicted octanol–water partition coefficient (Wildman–Crippen LogP) is 20.2. The number of unbranched alkanes of at least 4 members (excludes halogenated alkanes) is 36. The molecule has 0 radical (unpaired) electrons. The first-order valence-corrected chi connectivity index (χ1v) is 30.1. The lowest BCUT2D eigenvalue weighted by Gasteiger charge is -2.18. The molecule has 0 aromatic heterocycles. The van der Waals surface area contributed by atoms with Gasteiger partial charge in [-0.1, -0.05) is 281 Å². The summed E-state index contributed by atoms with van der Waals surface area (Å²) in [5.41, 5.74) is 0. The Labute approximate surface area is 428 Å². The summed E-state index contributed by atoms with van der Waals surface area (Å²) in [6, 6.07) is 0. The van der Waals surface area contributed by atoms with Gasteiger partial charge in [0.25, 0.3) is 0 Å². The van der Waals surface area contributed by atoms with Crippen molar-refractivity contribution in [2.45, 2.75) is 322 Å². The van der Waals surface area contributed by atoms with Crippen LogP contribution < -0.4 is 0 Å². The minimum atomic E-state index is -0.783. The zero-order valence-electron chi connectivity index (χ0n) is 46.1. The Morgan fingerprint density at radius 2 is 0.522 bits per heavy atom. The summed E-state index contributed by atoms with van der Waals surface area (Å²) in [5, 5.41) is 0.